The maximum absolute atomic E-state index is 14.4. The van der Waals surface area contributed by atoms with Gasteiger partial charge in [0.25, 0.3) is 0 Å². The maximum Gasteiger partial charge on any atom is 0.190 e. The molecule has 32 heavy (non-hydrogen) atoms. The van der Waals surface area contributed by atoms with Gasteiger partial charge < -0.3 is 4.74 Å². The van der Waals surface area contributed by atoms with Crippen molar-refractivity contribution >= 4 is 32.8 Å². The quantitative estimate of drug-likeness (QED) is 0.320. The Balaban J connectivity index is 1.93. The van der Waals surface area contributed by atoms with Gasteiger partial charge in [-0.25, -0.2) is 22.2 Å². The van der Waals surface area contributed by atoms with Crippen LogP contribution in [-0.2, 0) is 9.84 Å². The Hall–Kier alpha value is -2.81. The molecule has 0 unspecified atom stereocenters. The molecule has 0 saturated carbocycles. The first-order chi connectivity index (χ1) is 15.2. The highest BCUT2D eigenvalue weighted by Gasteiger charge is 2.21. The molecule has 0 aliphatic rings. The summed E-state index contributed by atoms with van der Waals surface area (Å²) in [5.74, 6) is -2.15. The number of sulfone groups is 1. The van der Waals surface area contributed by atoms with Crippen molar-refractivity contribution in [2.75, 3.05) is 13.4 Å². The molecule has 4 nitrogen and oxygen atoms in total. The number of thiazole rings is 1. The summed E-state index contributed by atoms with van der Waals surface area (Å²) in [6, 6.07) is 15.7. The van der Waals surface area contributed by atoms with Crippen LogP contribution in [0.4, 0.5) is 8.78 Å². The molecule has 0 aliphatic carbocycles. The van der Waals surface area contributed by atoms with Gasteiger partial charge in [0.05, 0.1) is 27.6 Å². The molecule has 9 heteroatoms. The molecule has 0 N–H and O–H groups in total. The minimum Gasteiger partial charge on any atom is -0.491 e. The fourth-order valence-corrected chi connectivity index (χ4v) is 5.23. The molecule has 0 amide bonds. The average molecular weight is 492 g/mol. The molecule has 1 heterocycles. The maximum atomic E-state index is 14.4. The first-order valence-electron chi connectivity index (χ1n) is 9.28. The zero-order chi connectivity index (χ0) is 23.0. The molecule has 3 aromatic carbocycles. The van der Waals surface area contributed by atoms with Gasteiger partial charge in [0.2, 0.25) is 0 Å². The Morgan fingerprint density at radius 3 is 2.16 bits per heavy atom. The first-order valence-corrected chi connectivity index (χ1v) is 12.4. The lowest BCUT2D eigenvalue weighted by Crippen LogP contribution is -1.96. The third-order valence-electron chi connectivity index (χ3n) is 4.75. The Morgan fingerprint density at radius 1 is 0.969 bits per heavy atom. The summed E-state index contributed by atoms with van der Waals surface area (Å²) in [6.07, 6.45) is 1.12. The molecule has 0 atom stereocenters. The van der Waals surface area contributed by atoms with E-state index < -0.39 is 27.2 Å². The molecule has 1 aromatic heterocycles. The van der Waals surface area contributed by atoms with Crippen LogP contribution in [0.5, 0.6) is 5.75 Å². The molecule has 164 valence electrons. The Labute approximate surface area is 193 Å². The average Bonchev–Trinajstić information content (AvgIpc) is 3.18. The van der Waals surface area contributed by atoms with Crippen molar-refractivity contribution in [2.45, 2.75) is 4.90 Å². The van der Waals surface area contributed by atoms with Gasteiger partial charge in [-0.1, -0.05) is 41.9 Å². The Morgan fingerprint density at radius 2 is 1.59 bits per heavy atom. The van der Waals surface area contributed by atoms with Crippen molar-refractivity contribution in [3.63, 3.8) is 0 Å². The topological polar surface area (TPSA) is 56.3 Å². The Kier molecular flexibility index (Phi) is 6.03. The minimum atomic E-state index is -3.37. The summed E-state index contributed by atoms with van der Waals surface area (Å²) in [6.45, 7) is 0. The number of nitrogens with zero attached hydrogens (tertiary/aromatic N) is 1. The second-order valence-corrected chi connectivity index (χ2v) is 10.4. The van der Waals surface area contributed by atoms with E-state index in [1.165, 1.54) is 42.7 Å². The number of ether oxygens (including phenoxy) is 1. The molecule has 0 spiro atoms. The number of hydrogen-bond donors (Lipinski definition) is 0. The number of halogens is 3. The van der Waals surface area contributed by atoms with E-state index in [2.05, 4.69) is 0 Å². The standard InChI is InChI=1S/C23H16ClF2NO3S2/c1-30-21-18(25)11-14(12-19(21)26)22-20(13-7-9-15(10-8-13)32(2,28)29)27-23(31-22)16-5-3-4-6-17(16)24/h3-12H,1-2H3. The largest absolute Gasteiger partial charge is 0.491 e. The molecular formula is C23H16ClF2NO3S2. The van der Waals surface area contributed by atoms with Gasteiger partial charge in [0, 0.05) is 22.9 Å². The number of aromatic nitrogens is 1. The monoisotopic (exact) mass is 491 g/mol. The van der Waals surface area contributed by atoms with Gasteiger partial charge in [-0.05, 0) is 30.3 Å². The van der Waals surface area contributed by atoms with Crippen LogP contribution < -0.4 is 4.74 Å². The normalized spacial score (nSPS) is 11.5. The highest BCUT2D eigenvalue weighted by Crippen LogP contribution is 2.43. The third-order valence-corrected chi connectivity index (χ3v) is 7.35. The smallest absolute Gasteiger partial charge is 0.190 e. The third kappa shape index (κ3) is 4.26. The fourth-order valence-electron chi connectivity index (χ4n) is 3.21. The molecule has 0 fully saturated rings. The second-order valence-electron chi connectivity index (χ2n) is 6.95. The highest BCUT2D eigenvalue weighted by atomic mass is 35.5. The zero-order valence-corrected chi connectivity index (χ0v) is 19.3. The van der Waals surface area contributed by atoms with Gasteiger partial charge in [-0.15, -0.1) is 11.3 Å². The Bertz CT molecular complexity index is 1390. The van der Waals surface area contributed by atoms with Gasteiger partial charge in [-0.3, -0.25) is 0 Å². The van der Waals surface area contributed by atoms with Crippen molar-refractivity contribution in [2.24, 2.45) is 0 Å². The predicted molar refractivity (Wildman–Crippen MR) is 123 cm³/mol. The van der Waals surface area contributed by atoms with E-state index in [0.29, 0.717) is 31.7 Å². The van der Waals surface area contributed by atoms with E-state index in [-0.39, 0.29) is 10.5 Å². The summed E-state index contributed by atoms with van der Waals surface area (Å²) in [5, 5.41) is 1.04. The van der Waals surface area contributed by atoms with Crippen LogP contribution in [0.25, 0.3) is 32.3 Å². The van der Waals surface area contributed by atoms with E-state index in [0.717, 1.165) is 6.26 Å². The van der Waals surface area contributed by atoms with Gasteiger partial charge in [0.15, 0.2) is 27.2 Å². The van der Waals surface area contributed by atoms with Gasteiger partial charge in [-0.2, -0.15) is 0 Å². The SMILES string of the molecule is COc1c(F)cc(-c2sc(-c3ccccc3Cl)nc2-c2ccc(S(C)(=O)=O)cc2)cc1F. The summed E-state index contributed by atoms with van der Waals surface area (Å²) in [4.78, 5) is 5.36. The molecule has 0 saturated heterocycles. The molecule has 4 aromatic rings. The summed E-state index contributed by atoms with van der Waals surface area (Å²) >= 11 is 7.56. The molecule has 0 bridgehead atoms. The lowest BCUT2D eigenvalue weighted by molar-refractivity contribution is 0.360. The van der Waals surface area contributed by atoms with Crippen molar-refractivity contribution < 1.29 is 21.9 Å². The summed E-state index contributed by atoms with van der Waals surface area (Å²) in [5.41, 5.74) is 2.00. The number of hydrogen-bond acceptors (Lipinski definition) is 5. The highest BCUT2D eigenvalue weighted by molar-refractivity contribution is 7.90. The van der Waals surface area contributed by atoms with Crippen molar-refractivity contribution in [3.05, 3.63) is 77.3 Å². The van der Waals surface area contributed by atoms with Crippen molar-refractivity contribution in [3.8, 4) is 38.0 Å². The van der Waals surface area contributed by atoms with E-state index in [1.54, 1.807) is 30.3 Å². The first kappa shape index (κ1) is 22.4. The van der Waals surface area contributed by atoms with E-state index in [4.69, 9.17) is 21.3 Å². The van der Waals surface area contributed by atoms with Crippen LogP contribution in [0.1, 0.15) is 0 Å². The van der Waals surface area contributed by atoms with Crippen LogP contribution in [0.3, 0.4) is 0 Å². The number of rotatable bonds is 5. The fraction of sp³-hybridized carbons (Fsp3) is 0.0870. The molecule has 0 aliphatic heterocycles. The van der Waals surface area contributed by atoms with Crippen LogP contribution in [0.2, 0.25) is 5.02 Å². The molecule has 4 rings (SSSR count). The number of methoxy groups -OCH3 is 1. The van der Waals surface area contributed by atoms with Crippen molar-refractivity contribution in [1.29, 1.82) is 0 Å². The van der Waals surface area contributed by atoms with Gasteiger partial charge in [0.1, 0.15) is 5.01 Å². The second kappa shape index (κ2) is 8.61. The minimum absolute atomic E-state index is 0.158. The molecule has 0 radical (unpaired) electrons. The van der Waals surface area contributed by atoms with Crippen LogP contribution in [-0.4, -0.2) is 26.8 Å². The van der Waals surface area contributed by atoms with Crippen LogP contribution in [0.15, 0.2) is 65.6 Å². The lowest BCUT2D eigenvalue weighted by Gasteiger charge is -2.08. The predicted octanol–water partition coefficient (Wildman–Crippen LogP) is 6.49. The summed E-state index contributed by atoms with van der Waals surface area (Å²) < 4.78 is 57.3. The molecular weight excluding hydrogens is 476 g/mol. The summed E-state index contributed by atoms with van der Waals surface area (Å²) in [7, 11) is -2.18. The van der Waals surface area contributed by atoms with Gasteiger partial charge >= 0.3 is 0 Å². The van der Waals surface area contributed by atoms with Crippen LogP contribution in [0, 0.1) is 11.6 Å². The van der Waals surface area contributed by atoms with Crippen molar-refractivity contribution in [1.82, 2.24) is 4.98 Å². The van der Waals surface area contributed by atoms with E-state index in [1.807, 2.05) is 6.07 Å². The van der Waals surface area contributed by atoms with E-state index in [9.17, 15) is 17.2 Å². The van der Waals surface area contributed by atoms with E-state index >= 15 is 0 Å². The number of benzene rings is 3. The lowest BCUT2D eigenvalue weighted by atomic mass is 10.1. The van der Waals surface area contributed by atoms with Crippen LogP contribution >= 0.6 is 22.9 Å². The zero-order valence-electron chi connectivity index (χ0n) is 16.9.